The van der Waals surface area contributed by atoms with Crippen molar-refractivity contribution in [3.05, 3.63) is 46.2 Å². The molecule has 7 nitrogen and oxygen atoms in total. The fourth-order valence-corrected chi connectivity index (χ4v) is 5.77. The molecule has 9 heteroatoms. The molecule has 1 aliphatic heterocycles. The number of nitrogens with one attached hydrogen (secondary N) is 2. The minimum Gasteiger partial charge on any atom is -0.352 e. The van der Waals surface area contributed by atoms with Crippen LogP contribution in [0.4, 0.5) is 5.69 Å². The van der Waals surface area contributed by atoms with Crippen LogP contribution < -0.4 is 10.6 Å². The van der Waals surface area contributed by atoms with Gasteiger partial charge in [0.15, 0.2) is 0 Å². The van der Waals surface area contributed by atoms with E-state index in [1.807, 2.05) is 5.38 Å². The number of anilines is 1. The zero-order valence-corrected chi connectivity index (χ0v) is 18.7. The molecule has 2 aromatic rings. The van der Waals surface area contributed by atoms with Gasteiger partial charge in [-0.3, -0.25) is 9.59 Å². The van der Waals surface area contributed by atoms with Crippen molar-refractivity contribution in [1.29, 1.82) is 0 Å². The van der Waals surface area contributed by atoms with Gasteiger partial charge in [0.25, 0.3) is 5.91 Å². The van der Waals surface area contributed by atoms with Crippen LogP contribution >= 0.6 is 11.3 Å². The highest BCUT2D eigenvalue weighted by Gasteiger charge is 2.27. The maximum Gasteiger partial charge on any atom is 0.252 e. The van der Waals surface area contributed by atoms with Crippen molar-refractivity contribution in [2.75, 3.05) is 25.0 Å². The summed E-state index contributed by atoms with van der Waals surface area (Å²) in [6.45, 7) is 3.23. The van der Waals surface area contributed by atoms with Crippen LogP contribution in [0.1, 0.15) is 48.0 Å². The Bertz CT molecular complexity index is 982. The van der Waals surface area contributed by atoms with Crippen LogP contribution in [0, 0.1) is 6.92 Å². The van der Waals surface area contributed by atoms with E-state index >= 15 is 0 Å². The molecule has 1 fully saturated rings. The number of amides is 2. The number of hydrogen-bond donors (Lipinski definition) is 2. The lowest BCUT2D eigenvalue weighted by Crippen LogP contribution is -2.36. The minimum absolute atomic E-state index is 0.150. The van der Waals surface area contributed by atoms with E-state index in [2.05, 4.69) is 10.6 Å². The quantitative estimate of drug-likeness (QED) is 0.604. The predicted octanol–water partition coefficient (Wildman–Crippen LogP) is 3.38. The van der Waals surface area contributed by atoms with Crippen LogP contribution in [0.15, 0.2) is 39.9 Å². The summed E-state index contributed by atoms with van der Waals surface area (Å²) in [4.78, 5) is 24.4. The Morgan fingerprint density at radius 2 is 1.90 bits per heavy atom. The van der Waals surface area contributed by atoms with Crippen LogP contribution in [0.3, 0.4) is 0 Å². The van der Waals surface area contributed by atoms with Gasteiger partial charge >= 0.3 is 0 Å². The summed E-state index contributed by atoms with van der Waals surface area (Å²) in [5.74, 6) is -0.368. The minimum atomic E-state index is -3.57. The van der Waals surface area contributed by atoms with Gasteiger partial charge in [-0.15, -0.1) is 0 Å². The Hall–Kier alpha value is -2.23. The summed E-state index contributed by atoms with van der Waals surface area (Å²) >= 11 is 1.46. The maximum absolute atomic E-state index is 13.0. The van der Waals surface area contributed by atoms with Crippen molar-refractivity contribution >= 4 is 38.9 Å². The third kappa shape index (κ3) is 5.68. The second kappa shape index (κ2) is 10.2. The monoisotopic (exact) mass is 449 g/mol. The number of carbonyl (C=O) groups excluding carboxylic acids is 2. The van der Waals surface area contributed by atoms with Gasteiger partial charge in [-0.25, -0.2) is 8.42 Å². The number of benzene rings is 1. The smallest absolute Gasteiger partial charge is 0.252 e. The fraction of sp³-hybridized carbons (Fsp3) is 0.429. The summed E-state index contributed by atoms with van der Waals surface area (Å²) in [5.41, 5.74) is 1.74. The first-order valence-electron chi connectivity index (χ1n) is 10.1. The van der Waals surface area contributed by atoms with E-state index in [0.29, 0.717) is 42.9 Å². The van der Waals surface area contributed by atoms with Gasteiger partial charge in [-0.05, 0) is 55.3 Å². The third-order valence-electron chi connectivity index (χ3n) is 5.05. The van der Waals surface area contributed by atoms with Crippen molar-refractivity contribution in [3.8, 4) is 0 Å². The highest BCUT2D eigenvalue weighted by Crippen LogP contribution is 2.26. The van der Waals surface area contributed by atoms with Gasteiger partial charge in [-0.2, -0.15) is 15.6 Å². The molecule has 2 amide bonds. The highest BCUT2D eigenvalue weighted by molar-refractivity contribution is 7.89. The van der Waals surface area contributed by atoms with E-state index in [9.17, 15) is 18.0 Å². The molecule has 1 aromatic carbocycles. The van der Waals surface area contributed by atoms with Crippen molar-refractivity contribution < 1.29 is 18.0 Å². The Morgan fingerprint density at radius 3 is 2.60 bits per heavy atom. The van der Waals surface area contributed by atoms with Crippen molar-refractivity contribution in [3.63, 3.8) is 0 Å². The largest absolute Gasteiger partial charge is 0.352 e. The number of aryl methyl sites for hydroxylation is 1. The van der Waals surface area contributed by atoms with Crippen LogP contribution in [0.5, 0.6) is 0 Å². The zero-order valence-electron chi connectivity index (χ0n) is 17.0. The molecule has 2 N–H and O–H groups in total. The molecule has 1 saturated heterocycles. The van der Waals surface area contributed by atoms with E-state index in [1.54, 1.807) is 30.5 Å². The average Bonchev–Trinajstić information content (AvgIpc) is 3.28. The Morgan fingerprint density at radius 1 is 1.13 bits per heavy atom. The number of piperidine rings is 1. The molecular formula is C21H27N3O4S2. The van der Waals surface area contributed by atoms with Gasteiger partial charge in [0.05, 0.1) is 4.90 Å². The second-order valence-electron chi connectivity index (χ2n) is 7.36. The molecular weight excluding hydrogens is 422 g/mol. The summed E-state index contributed by atoms with van der Waals surface area (Å²) in [6, 6.07) is 6.71. The zero-order chi connectivity index (χ0) is 21.6. The molecule has 0 radical (unpaired) electrons. The fourth-order valence-electron chi connectivity index (χ4n) is 3.37. The van der Waals surface area contributed by atoms with Crippen molar-refractivity contribution in [2.45, 2.75) is 43.9 Å². The molecule has 0 spiro atoms. The van der Waals surface area contributed by atoms with Crippen molar-refractivity contribution in [2.24, 2.45) is 0 Å². The summed E-state index contributed by atoms with van der Waals surface area (Å²) < 4.78 is 27.5. The maximum atomic E-state index is 13.0. The second-order valence-corrected chi connectivity index (χ2v) is 10.1. The normalized spacial score (nSPS) is 15.0. The number of thiophene rings is 1. The van der Waals surface area contributed by atoms with Crippen LogP contribution in [0.2, 0.25) is 0 Å². The molecule has 0 unspecified atom stereocenters. The highest BCUT2D eigenvalue weighted by atomic mass is 32.2. The standard InChI is InChI=1S/C21H27N3O4S2/c1-16-7-8-18(14-19(16)30(27,28)24-11-3-2-4-12-24)23-20(25)6-5-10-22-21(26)17-9-13-29-15-17/h7-9,13-15H,2-6,10-12H2,1H3,(H,22,26)(H,23,25). The molecule has 1 aromatic heterocycles. The van der Waals surface area contributed by atoms with Gasteiger partial charge in [0, 0.05) is 42.7 Å². The predicted molar refractivity (Wildman–Crippen MR) is 118 cm³/mol. The molecule has 0 bridgehead atoms. The molecule has 30 heavy (non-hydrogen) atoms. The molecule has 0 saturated carbocycles. The van der Waals surface area contributed by atoms with E-state index < -0.39 is 10.0 Å². The topological polar surface area (TPSA) is 95.6 Å². The number of hydrogen-bond acceptors (Lipinski definition) is 5. The van der Waals surface area contributed by atoms with Gasteiger partial charge < -0.3 is 10.6 Å². The Balaban J connectivity index is 1.54. The van der Waals surface area contributed by atoms with Crippen LogP contribution in [-0.2, 0) is 14.8 Å². The lowest BCUT2D eigenvalue weighted by Gasteiger charge is -2.26. The third-order valence-corrected chi connectivity index (χ3v) is 7.78. The first-order valence-corrected chi connectivity index (χ1v) is 12.5. The number of sulfonamides is 1. The van der Waals surface area contributed by atoms with Crippen LogP contribution in [-0.4, -0.2) is 44.2 Å². The number of nitrogens with zero attached hydrogens (tertiary/aromatic N) is 1. The molecule has 2 heterocycles. The summed E-state index contributed by atoms with van der Waals surface area (Å²) in [5, 5.41) is 9.16. The van der Waals surface area contributed by atoms with Crippen molar-refractivity contribution in [1.82, 2.24) is 9.62 Å². The molecule has 1 aliphatic rings. The lowest BCUT2D eigenvalue weighted by molar-refractivity contribution is -0.116. The van der Waals surface area contributed by atoms with Gasteiger partial charge in [0.1, 0.15) is 0 Å². The first-order chi connectivity index (χ1) is 14.4. The molecule has 3 rings (SSSR count). The van der Waals surface area contributed by atoms with Gasteiger partial charge in [-0.1, -0.05) is 12.5 Å². The Kier molecular flexibility index (Phi) is 7.63. The van der Waals surface area contributed by atoms with E-state index in [4.69, 9.17) is 0 Å². The Labute approximate surface area is 181 Å². The molecule has 0 atom stereocenters. The summed E-state index contributed by atoms with van der Waals surface area (Å²) in [7, 11) is -3.57. The summed E-state index contributed by atoms with van der Waals surface area (Å²) in [6.07, 6.45) is 3.52. The van der Waals surface area contributed by atoms with E-state index in [0.717, 1.165) is 19.3 Å². The average molecular weight is 450 g/mol. The van der Waals surface area contributed by atoms with Gasteiger partial charge in [0.2, 0.25) is 15.9 Å². The lowest BCUT2D eigenvalue weighted by atomic mass is 10.2. The van der Waals surface area contributed by atoms with Crippen LogP contribution in [0.25, 0.3) is 0 Å². The van der Waals surface area contributed by atoms with E-state index in [-0.39, 0.29) is 23.1 Å². The first kappa shape index (κ1) is 22.5. The SMILES string of the molecule is Cc1ccc(NC(=O)CCCNC(=O)c2ccsc2)cc1S(=O)(=O)N1CCCCC1. The number of carbonyl (C=O) groups is 2. The van der Waals surface area contributed by atoms with E-state index in [1.165, 1.54) is 21.7 Å². The molecule has 162 valence electrons. The number of rotatable bonds is 8. The molecule has 0 aliphatic carbocycles.